The predicted molar refractivity (Wildman–Crippen MR) is 200 cm³/mol. The summed E-state index contributed by atoms with van der Waals surface area (Å²) >= 11 is 0. The molecule has 0 unspecified atom stereocenters. The van der Waals surface area contributed by atoms with Gasteiger partial charge in [-0.15, -0.1) is 0 Å². The van der Waals surface area contributed by atoms with Crippen LogP contribution < -0.4 is 16.1 Å². The summed E-state index contributed by atoms with van der Waals surface area (Å²) in [5.74, 6) is -1.66. The van der Waals surface area contributed by atoms with Gasteiger partial charge >= 0.3 is 12.1 Å². The van der Waals surface area contributed by atoms with Crippen molar-refractivity contribution in [2.75, 3.05) is 46.7 Å². The first kappa shape index (κ1) is 44.8. The van der Waals surface area contributed by atoms with Crippen molar-refractivity contribution in [1.82, 2.24) is 16.1 Å². The Bertz CT molecular complexity index is 1360. The van der Waals surface area contributed by atoms with E-state index in [1.807, 2.05) is 30.3 Å². The molecule has 0 aromatic heterocycles. The Morgan fingerprint density at radius 3 is 2.02 bits per heavy atom. The fourth-order valence-corrected chi connectivity index (χ4v) is 5.14. The van der Waals surface area contributed by atoms with Gasteiger partial charge in [-0.2, -0.15) is 5.48 Å². The summed E-state index contributed by atoms with van der Waals surface area (Å²) < 4.78 is 20.8. The molecule has 294 valence electrons. The Morgan fingerprint density at radius 1 is 0.698 bits per heavy atom. The summed E-state index contributed by atoms with van der Waals surface area (Å²) in [6, 6.07) is 17.4. The summed E-state index contributed by atoms with van der Waals surface area (Å²) in [6.45, 7) is 7.04. The van der Waals surface area contributed by atoms with Gasteiger partial charge in [-0.25, -0.2) is 9.59 Å². The Labute approximate surface area is 314 Å². The molecule has 0 bridgehead atoms. The van der Waals surface area contributed by atoms with Crippen molar-refractivity contribution in [3.05, 3.63) is 71.3 Å². The van der Waals surface area contributed by atoms with E-state index in [0.717, 1.165) is 31.2 Å². The molecule has 0 aliphatic carbocycles. The summed E-state index contributed by atoms with van der Waals surface area (Å²) in [4.78, 5) is 67.1. The zero-order chi connectivity index (χ0) is 38.7. The van der Waals surface area contributed by atoms with E-state index in [-0.39, 0.29) is 50.6 Å². The lowest BCUT2D eigenvalue weighted by molar-refractivity contribution is -0.158. The first-order valence-electron chi connectivity index (χ1n) is 18.5. The highest BCUT2D eigenvalue weighted by Crippen LogP contribution is 2.13. The van der Waals surface area contributed by atoms with Crippen LogP contribution in [0, 0.1) is 0 Å². The van der Waals surface area contributed by atoms with Gasteiger partial charge in [0.2, 0.25) is 5.91 Å². The van der Waals surface area contributed by atoms with Gasteiger partial charge < -0.3 is 34.4 Å². The van der Waals surface area contributed by atoms with Crippen molar-refractivity contribution < 1.29 is 47.8 Å². The first-order valence-corrected chi connectivity index (χ1v) is 18.5. The van der Waals surface area contributed by atoms with E-state index in [4.69, 9.17) is 23.8 Å². The number of carbonyl (C=O) groups is 5. The lowest BCUT2D eigenvalue weighted by Crippen LogP contribution is -2.43. The number of hydrogen-bond acceptors (Lipinski definition) is 10. The van der Waals surface area contributed by atoms with E-state index < -0.39 is 29.6 Å². The number of ether oxygens (including phenoxy) is 4. The van der Waals surface area contributed by atoms with Gasteiger partial charge in [-0.05, 0) is 88.8 Å². The molecule has 13 nitrogen and oxygen atoms in total. The van der Waals surface area contributed by atoms with Crippen LogP contribution in [0.1, 0.15) is 88.8 Å². The van der Waals surface area contributed by atoms with Crippen molar-refractivity contribution in [2.24, 2.45) is 0 Å². The number of aryl methyl sites for hydroxylation is 2. The maximum absolute atomic E-state index is 13.1. The molecular formula is C40H59N3O10. The molecule has 0 aliphatic heterocycles. The van der Waals surface area contributed by atoms with Crippen molar-refractivity contribution in [2.45, 2.75) is 103 Å². The van der Waals surface area contributed by atoms with Crippen LogP contribution in [0.3, 0.4) is 0 Å². The van der Waals surface area contributed by atoms with Crippen LogP contribution in [0.5, 0.6) is 0 Å². The zero-order valence-electron chi connectivity index (χ0n) is 31.9. The average molecular weight is 742 g/mol. The molecule has 13 heteroatoms. The molecule has 0 aliphatic rings. The Morgan fingerprint density at radius 2 is 1.34 bits per heavy atom. The van der Waals surface area contributed by atoms with E-state index in [2.05, 4.69) is 40.4 Å². The van der Waals surface area contributed by atoms with Gasteiger partial charge in [0.05, 0.1) is 38.9 Å². The summed E-state index contributed by atoms with van der Waals surface area (Å²) in [5, 5.41) is 5.40. The highest BCUT2D eigenvalue weighted by atomic mass is 16.7. The first-order chi connectivity index (χ1) is 25.4. The number of rotatable bonds is 26. The highest BCUT2D eigenvalue weighted by molar-refractivity contribution is 5.87. The molecule has 0 saturated carbocycles. The average Bonchev–Trinajstić information content (AvgIpc) is 3.12. The Balaban J connectivity index is 1.66. The van der Waals surface area contributed by atoms with Crippen LogP contribution in [-0.2, 0) is 62.2 Å². The molecule has 2 aromatic rings. The number of Topliss-reactive ketones (excluding diaryl/α,β-unsaturated/α-hetero) is 1. The fourth-order valence-electron chi connectivity index (χ4n) is 5.14. The molecule has 0 spiro atoms. The second-order valence-corrected chi connectivity index (χ2v) is 13.7. The summed E-state index contributed by atoms with van der Waals surface area (Å²) in [6.07, 6.45) is 5.01. The van der Waals surface area contributed by atoms with Crippen LogP contribution in [0.4, 0.5) is 4.79 Å². The van der Waals surface area contributed by atoms with Gasteiger partial charge in [-0.1, -0.05) is 54.6 Å². The van der Waals surface area contributed by atoms with E-state index in [9.17, 15) is 24.0 Å². The number of unbranched alkanes of at least 4 members (excludes halogenated alkanes) is 2. The third-order valence-corrected chi connectivity index (χ3v) is 7.85. The molecule has 3 amide bonds. The standard InChI is InChI=1S/C40H59N3O10/c1-40(2,3)52-39(48)42-34(17-10-11-24-41-37(46)30-51-28-27-50-26-25-49-4)35(44)18-12-19-38(47)53-43-36(45)29-33-22-20-32(21-23-33)16-9-8-15-31-13-6-5-7-14-31/h5-7,13-14,20-23,34H,8-12,15-19,24-30H2,1-4H3,(H,41,46)(H,42,48)(H,43,45)/t34-/m0/s1. The zero-order valence-corrected chi connectivity index (χ0v) is 31.9. The van der Waals surface area contributed by atoms with Gasteiger partial charge in [0.1, 0.15) is 12.2 Å². The van der Waals surface area contributed by atoms with Crippen LogP contribution in [-0.4, -0.2) is 88.0 Å². The van der Waals surface area contributed by atoms with Crippen LogP contribution >= 0.6 is 0 Å². The van der Waals surface area contributed by atoms with Gasteiger partial charge in [0, 0.05) is 26.5 Å². The number of amides is 3. The number of hydrogen-bond donors (Lipinski definition) is 3. The second-order valence-electron chi connectivity index (χ2n) is 13.7. The molecule has 2 rings (SSSR count). The number of hydroxylamine groups is 1. The number of carbonyl (C=O) groups excluding carboxylic acids is 5. The van der Waals surface area contributed by atoms with Crippen LogP contribution in [0.2, 0.25) is 0 Å². The smallest absolute Gasteiger partial charge is 0.408 e. The molecule has 3 N–H and O–H groups in total. The van der Waals surface area contributed by atoms with Crippen molar-refractivity contribution in [1.29, 1.82) is 0 Å². The van der Waals surface area contributed by atoms with E-state index in [0.29, 0.717) is 45.6 Å². The number of alkyl carbamates (subject to hydrolysis) is 1. The monoisotopic (exact) mass is 741 g/mol. The van der Waals surface area contributed by atoms with Crippen molar-refractivity contribution >= 4 is 29.7 Å². The lowest BCUT2D eigenvalue weighted by atomic mass is 10.0. The third-order valence-electron chi connectivity index (χ3n) is 7.85. The van der Waals surface area contributed by atoms with Crippen molar-refractivity contribution in [3.8, 4) is 0 Å². The molecule has 53 heavy (non-hydrogen) atoms. The van der Waals surface area contributed by atoms with Crippen LogP contribution in [0.25, 0.3) is 0 Å². The lowest BCUT2D eigenvalue weighted by Gasteiger charge is -2.23. The molecule has 0 fully saturated rings. The van der Waals surface area contributed by atoms with E-state index in [1.165, 1.54) is 11.1 Å². The van der Waals surface area contributed by atoms with E-state index in [1.54, 1.807) is 27.9 Å². The molecule has 0 heterocycles. The van der Waals surface area contributed by atoms with Gasteiger partial charge in [0.25, 0.3) is 5.91 Å². The summed E-state index contributed by atoms with van der Waals surface area (Å²) in [5.41, 5.74) is 4.78. The number of methoxy groups -OCH3 is 1. The fraction of sp³-hybridized carbons (Fsp3) is 0.575. The molecular weight excluding hydrogens is 682 g/mol. The Hall–Kier alpha value is -4.33. The largest absolute Gasteiger partial charge is 0.444 e. The molecule has 0 saturated heterocycles. The highest BCUT2D eigenvalue weighted by Gasteiger charge is 2.24. The molecule has 2 aromatic carbocycles. The normalized spacial score (nSPS) is 11.7. The molecule has 0 radical (unpaired) electrons. The SMILES string of the molecule is COCCOCCOCC(=O)NCCCC[C@H](NC(=O)OC(C)(C)C)C(=O)CCCC(=O)ONC(=O)Cc1ccc(CCCCc2ccccc2)cc1. The number of benzene rings is 2. The van der Waals surface area contributed by atoms with E-state index >= 15 is 0 Å². The van der Waals surface area contributed by atoms with Crippen LogP contribution in [0.15, 0.2) is 54.6 Å². The predicted octanol–water partition coefficient (Wildman–Crippen LogP) is 4.97. The number of nitrogens with one attached hydrogen (secondary N) is 3. The van der Waals surface area contributed by atoms with Gasteiger partial charge in [-0.3, -0.25) is 14.4 Å². The summed E-state index contributed by atoms with van der Waals surface area (Å²) in [7, 11) is 1.59. The minimum absolute atomic E-state index is 0.00533. The van der Waals surface area contributed by atoms with Gasteiger partial charge in [0.15, 0.2) is 5.78 Å². The minimum Gasteiger partial charge on any atom is -0.444 e. The minimum atomic E-state index is -0.835. The maximum Gasteiger partial charge on any atom is 0.408 e. The maximum atomic E-state index is 13.1. The third kappa shape index (κ3) is 23.1. The molecule has 1 atom stereocenters. The Kier molecular flexibility index (Phi) is 22.4. The quantitative estimate of drug-likeness (QED) is 0.0885. The topological polar surface area (TPSA) is 168 Å². The second kappa shape index (κ2) is 26.4. The van der Waals surface area contributed by atoms with Crippen molar-refractivity contribution in [3.63, 3.8) is 0 Å². The number of ketones is 1.